The minimum Gasteiger partial charge on any atom is -0.491 e. The van der Waals surface area contributed by atoms with Crippen LogP contribution in [-0.2, 0) is 59.4 Å². The van der Waals surface area contributed by atoms with E-state index in [1.54, 1.807) is 32.0 Å². The highest BCUT2D eigenvalue weighted by atomic mass is 32.1. The monoisotopic (exact) mass is 1280 g/mol. The topological polar surface area (TPSA) is 312 Å². The number of rotatable bonds is 31. The largest absolute Gasteiger partial charge is 0.491 e. The molecule has 0 bridgehead atoms. The lowest BCUT2D eigenvalue weighted by Gasteiger charge is -2.29. The zero-order valence-corrected chi connectivity index (χ0v) is 52.8. The van der Waals surface area contributed by atoms with Crippen molar-refractivity contribution in [2.75, 3.05) is 82.2 Å². The van der Waals surface area contributed by atoms with Crippen LogP contribution < -0.4 is 42.0 Å². The lowest BCUT2D eigenvalue weighted by Crippen LogP contribution is -2.54. The number of terminal acetylenes is 1. The quantitative estimate of drug-likeness (QED) is 0.0104. The second-order valence-corrected chi connectivity index (χ2v) is 24.6. The van der Waals surface area contributed by atoms with Gasteiger partial charge < -0.3 is 61.0 Å². The minimum absolute atomic E-state index is 0.0164. The Morgan fingerprint density at radius 2 is 1.71 bits per heavy atom. The number of imide groups is 1. The first kappa shape index (κ1) is 67.5. The number of halogens is 1. The third kappa shape index (κ3) is 18.8. The molecule has 27 heteroatoms. The number of hydrogen-bond acceptors (Lipinski definition) is 18. The number of amides is 7. The minimum atomic E-state index is -1.15. The number of ether oxygens (including phenoxy) is 3. The maximum absolute atomic E-state index is 15.5. The summed E-state index contributed by atoms with van der Waals surface area (Å²) < 4.78 is 34.0. The number of aromatic nitrogens is 4. The van der Waals surface area contributed by atoms with E-state index in [1.807, 2.05) is 56.3 Å². The Bertz CT molecular complexity index is 3760. The molecule has 2 unspecified atom stereocenters. The van der Waals surface area contributed by atoms with Crippen molar-refractivity contribution < 1.29 is 61.8 Å². The van der Waals surface area contributed by atoms with Crippen LogP contribution in [0.4, 0.5) is 36.8 Å². The van der Waals surface area contributed by atoms with E-state index in [0.29, 0.717) is 75.0 Å². The van der Waals surface area contributed by atoms with Gasteiger partial charge in [-0.2, -0.15) is 0 Å². The van der Waals surface area contributed by atoms with Gasteiger partial charge in [-0.05, 0) is 105 Å². The van der Waals surface area contributed by atoms with Crippen molar-refractivity contribution in [3.63, 3.8) is 0 Å². The molecule has 2 aliphatic rings. The standard InChI is InChI=1S/C64H72FN13O11S2/c1-7-31-88-38-43-36-44(68-59(82)48(17-10-27-67-62(66)86)69-60(83)55(39(2)3)71-52(79)26-33-87-34-29-76-53(80)24-25-54(76)81)22-21-42(43)37-78(5,6)30-12-14-41-20-23-49(46(65)35-41)89-32-13-19-51-56(61(84)85)72-64(91-51)77-28-11-15-45-40(4)57(74-75-58(45)77)73-63-70-47-16-8-9-18-50(47)90-63/h1,8-9,16,18,20-25,35-36,39,48,55H,10-11,13,15,17,19,26-34,37-38H2,2-6H3,(H7-,66,67,68,69,70,71,73,74,79,82,83,84,85,86)/p+1. The third-order valence-electron chi connectivity index (χ3n) is 14.7. The molecule has 2 atom stereocenters. The summed E-state index contributed by atoms with van der Waals surface area (Å²) in [5, 5.41) is 34.7. The van der Waals surface area contributed by atoms with E-state index in [4.69, 9.17) is 26.4 Å². The van der Waals surface area contributed by atoms with Crippen LogP contribution in [0.2, 0.25) is 0 Å². The number of carboxylic acid groups (broad SMARTS) is 1. The summed E-state index contributed by atoms with van der Waals surface area (Å²) in [7, 11) is 3.96. The molecule has 2 aliphatic heterocycles. The van der Waals surface area contributed by atoms with Crippen molar-refractivity contribution in [2.24, 2.45) is 11.7 Å². The first-order chi connectivity index (χ1) is 43.7. The summed E-state index contributed by atoms with van der Waals surface area (Å²) >= 11 is 2.81. The summed E-state index contributed by atoms with van der Waals surface area (Å²) in [6, 6.07) is 14.8. The van der Waals surface area contributed by atoms with Gasteiger partial charge in [0.2, 0.25) is 17.7 Å². The predicted octanol–water partition coefficient (Wildman–Crippen LogP) is 6.65. The number of primary amides is 1. The molecule has 91 heavy (non-hydrogen) atoms. The first-order valence-corrected chi connectivity index (χ1v) is 31.2. The summed E-state index contributed by atoms with van der Waals surface area (Å²) in [5.41, 5.74) is 10.4. The fourth-order valence-electron chi connectivity index (χ4n) is 10.0. The van der Waals surface area contributed by atoms with Crippen LogP contribution >= 0.6 is 22.7 Å². The fraction of sp³-hybridized carbons (Fsp3) is 0.391. The number of carbonyl (C=O) groups excluding carboxylic acids is 6. The summed E-state index contributed by atoms with van der Waals surface area (Å²) in [6.07, 6.45) is 10.4. The molecule has 6 aromatic rings. The van der Waals surface area contributed by atoms with Crippen molar-refractivity contribution >= 4 is 102 Å². The van der Waals surface area contributed by atoms with Gasteiger partial charge in [0.05, 0.1) is 57.3 Å². The van der Waals surface area contributed by atoms with Gasteiger partial charge in [0, 0.05) is 64.5 Å². The highest BCUT2D eigenvalue weighted by Crippen LogP contribution is 2.39. The third-order valence-corrected chi connectivity index (χ3v) is 16.8. The normalized spacial score (nSPS) is 13.5. The van der Waals surface area contributed by atoms with E-state index < -0.39 is 65.4 Å². The van der Waals surface area contributed by atoms with E-state index in [0.717, 1.165) is 50.2 Å². The van der Waals surface area contributed by atoms with E-state index in [1.165, 1.54) is 47.0 Å². The Labute approximate surface area is 534 Å². The summed E-state index contributed by atoms with van der Waals surface area (Å²) in [5.74, 6) is 5.24. The first-order valence-electron chi connectivity index (χ1n) is 29.6. The molecule has 5 heterocycles. The number of benzene rings is 3. The summed E-state index contributed by atoms with van der Waals surface area (Å²) in [4.78, 5) is 101. The van der Waals surface area contributed by atoms with Crippen LogP contribution in [0, 0.1) is 42.8 Å². The molecule has 0 spiro atoms. The number of carboxylic acids is 1. The molecular formula is C64H73FN13O11S2+. The molecule has 7 amide bonds. The van der Waals surface area contributed by atoms with Gasteiger partial charge in [0.1, 0.15) is 31.8 Å². The number of aromatic carboxylic acids is 1. The number of thiazole rings is 2. The van der Waals surface area contributed by atoms with Gasteiger partial charge in [0.25, 0.3) is 11.8 Å². The number of anilines is 5. The second kappa shape index (κ2) is 31.9. The molecule has 0 fully saturated rings. The Kier molecular flexibility index (Phi) is 23.7. The number of quaternary nitrogens is 1. The van der Waals surface area contributed by atoms with Gasteiger partial charge >= 0.3 is 12.0 Å². The molecule has 8 N–H and O–H groups in total. The van der Waals surface area contributed by atoms with Crippen LogP contribution in [-0.4, -0.2) is 155 Å². The van der Waals surface area contributed by atoms with E-state index in [9.17, 15) is 38.7 Å². The molecule has 0 saturated heterocycles. The number of fused-ring (bicyclic) bond motifs is 2. The Hall–Kier alpha value is -9.38. The molecule has 0 aliphatic carbocycles. The number of nitrogens with two attached hydrogens (primary N) is 1. The Balaban J connectivity index is 0.837. The van der Waals surface area contributed by atoms with Gasteiger partial charge in [0.15, 0.2) is 39.2 Å². The lowest BCUT2D eigenvalue weighted by molar-refractivity contribution is -0.896. The Morgan fingerprint density at radius 1 is 0.923 bits per heavy atom. The number of urea groups is 1. The molecule has 3 aromatic carbocycles. The van der Waals surface area contributed by atoms with Crippen molar-refractivity contribution in [3.05, 3.63) is 117 Å². The van der Waals surface area contributed by atoms with Gasteiger partial charge in [-0.1, -0.05) is 55.2 Å². The second-order valence-electron chi connectivity index (χ2n) is 22.5. The van der Waals surface area contributed by atoms with Crippen molar-refractivity contribution in [1.29, 1.82) is 0 Å². The maximum atomic E-state index is 15.5. The zero-order valence-electron chi connectivity index (χ0n) is 51.2. The van der Waals surface area contributed by atoms with Gasteiger partial charge in [-0.3, -0.25) is 28.9 Å². The average molecular weight is 1280 g/mol. The smallest absolute Gasteiger partial charge is 0.355 e. The SMILES string of the molecule is C#CCOCc1cc(NC(=O)C(CCCNC(N)=O)NC(=O)C(NC(=O)CCOCCN2C(=O)C=CC2=O)C(C)C)ccc1C[N+](C)(C)CC#Cc1ccc(OCCCc2sc(N3CCCc4c3nnc(Nc3nc5ccccc5s3)c4C)nc2C(=O)O)c(F)c1. The van der Waals surface area contributed by atoms with Crippen molar-refractivity contribution in [3.8, 4) is 29.9 Å². The number of nitrogens with zero attached hydrogens (tertiary/aromatic N) is 7. The number of para-hydroxylation sites is 1. The number of carbonyl (C=O) groups is 7. The Morgan fingerprint density at radius 3 is 2.45 bits per heavy atom. The lowest BCUT2D eigenvalue weighted by atomic mass is 10.0. The molecule has 0 radical (unpaired) electrons. The van der Waals surface area contributed by atoms with E-state index >= 15 is 4.39 Å². The highest BCUT2D eigenvalue weighted by molar-refractivity contribution is 7.22. The van der Waals surface area contributed by atoms with Crippen molar-refractivity contribution in [2.45, 2.75) is 91.0 Å². The molecular weight excluding hydrogens is 1210 g/mol. The van der Waals surface area contributed by atoms with Gasteiger partial charge in [-0.15, -0.1) is 28.0 Å². The number of nitrogens with one attached hydrogen (secondary N) is 5. The van der Waals surface area contributed by atoms with Crippen LogP contribution in [0.3, 0.4) is 0 Å². The van der Waals surface area contributed by atoms with E-state index in [-0.39, 0.29) is 76.8 Å². The predicted molar refractivity (Wildman–Crippen MR) is 342 cm³/mol. The number of hydrogen-bond donors (Lipinski definition) is 7. The zero-order chi connectivity index (χ0) is 65.2. The molecule has 478 valence electrons. The van der Waals surface area contributed by atoms with E-state index in [2.05, 4.69) is 64.5 Å². The van der Waals surface area contributed by atoms with Gasteiger partial charge in [-0.25, -0.2) is 23.9 Å². The fourth-order valence-corrected chi connectivity index (χ4v) is 12.0. The molecule has 0 saturated carbocycles. The average Bonchev–Trinajstić information content (AvgIpc) is 1.87. The molecule has 3 aromatic heterocycles. The summed E-state index contributed by atoms with van der Waals surface area (Å²) in [6.45, 7) is 7.21. The molecule has 8 rings (SSSR count). The molecule has 24 nitrogen and oxygen atoms in total. The van der Waals surface area contributed by atoms with Crippen LogP contribution in [0.5, 0.6) is 5.75 Å². The number of aryl methyl sites for hydroxylation is 1. The highest BCUT2D eigenvalue weighted by Gasteiger charge is 2.31. The van der Waals surface area contributed by atoms with Crippen molar-refractivity contribution in [1.82, 2.24) is 41.0 Å². The van der Waals surface area contributed by atoms with Crippen LogP contribution in [0.15, 0.2) is 72.8 Å². The maximum Gasteiger partial charge on any atom is 0.355 e. The van der Waals surface area contributed by atoms with Crippen LogP contribution in [0.1, 0.15) is 89.1 Å². The van der Waals surface area contributed by atoms with Crippen LogP contribution in [0.25, 0.3) is 10.2 Å².